The smallest absolute Gasteiger partial charge is 0.314 e. The number of hydrogen-bond donors (Lipinski definition) is 3. The number of carboxylic acid groups (broad SMARTS) is 1. The topological polar surface area (TPSA) is 78.4 Å². The summed E-state index contributed by atoms with van der Waals surface area (Å²) in [6.07, 6.45) is 4.30. The van der Waals surface area contributed by atoms with E-state index in [9.17, 15) is 14.7 Å². The molecule has 2 rings (SSSR count). The highest BCUT2D eigenvalue weighted by Crippen LogP contribution is 2.35. The van der Waals surface area contributed by atoms with Gasteiger partial charge in [-0.05, 0) is 12.8 Å². The van der Waals surface area contributed by atoms with Crippen molar-refractivity contribution < 1.29 is 14.7 Å². The Morgan fingerprint density at radius 3 is 2.52 bits per heavy atom. The van der Waals surface area contributed by atoms with E-state index in [0.717, 1.165) is 30.8 Å². The van der Waals surface area contributed by atoms with Gasteiger partial charge in [-0.15, -0.1) is 0 Å². The van der Waals surface area contributed by atoms with E-state index in [1.807, 2.05) is 23.5 Å². The minimum absolute atomic E-state index is 0.237. The zero-order chi connectivity index (χ0) is 15.1. The van der Waals surface area contributed by atoms with Gasteiger partial charge in [-0.3, -0.25) is 4.79 Å². The summed E-state index contributed by atoms with van der Waals surface area (Å²) in [6.45, 7) is 0.893. The van der Waals surface area contributed by atoms with Crippen LogP contribution in [0.15, 0.2) is 0 Å². The van der Waals surface area contributed by atoms with Gasteiger partial charge in [0.05, 0.1) is 5.41 Å². The van der Waals surface area contributed by atoms with E-state index in [-0.39, 0.29) is 12.6 Å². The molecule has 3 N–H and O–H groups in total. The Labute approximate surface area is 134 Å². The van der Waals surface area contributed by atoms with E-state index >= 15 is 0 Å². The standard InChI is InChI=1S/C14H24N2O3S2/c17-12(18)14(4-2-1-3-5-14)10-16-13(19)15-8-11-9-20-6-7-21-11/h11H,1-10H2,(H,17,18)(H2,15,16,19). The third kappa shape index (κ3) is 4.98. The lowest BCUT2D eigenvalue weighted by atomic mass is 9.74. The van der Waals surface area contributed by atoms with Gasteiger partial charge in [-0.25, -0.2) is 4.79 Å². The van der Waals surface area contributed by atoms with Crippen LogP contribution in [0.25, 0.3) is 0 Å². The number of urea groups is 1. The van der Waals surface area contributed by atoms with Gasteiger partial charge in [-0.2, -0.15) is 23.5 Å². The van der Waals surface area contributed by atoms with Crippen LogP contribution in [-0.4, -0.2) is 52.7 Å². The summed E-state index contributed by atoms with van der Waals surface area (Å²) in [5.41, 5.74) is -0.759. The molecule has 1 aliphatic carbocycles. The van der Waals surface area contributed by atoms with Crippen LogP contribution in [0.4, 0.5) is 4.79 Å². The summed E-state index contributed by atoms with van der Waals surface area (Å²) in [6, 6.07) is -0.239. The van der Waals surface area contributed by atoms with Crippen LogP contribution in [0, 0.1) is 5.41 Å². The number of hydrogen-bond acceptors (Lipinski definition) is 4. The van der Waals surface area contributed by atoms with Crippen LogP contribution in [0.2, 0.25) is 0 Å². The lowest BCUT2D eigenvalue weighted by Crippen LogP contribution is -2.48. The fourth-order valence-electron chi connectivity index (χ4n) is 2.87. The first-order valence-corrected chi connectivity index (χ1v) is 9.77. The highest BCUT2D eigenvalue weighted by atomic mass is 32.2. The maximum Gasteiger partial charge on any atom is 0.314 e. The van der Waals surface area contributed by atoms with Crippen LogP contribution < -0.4 is 10.6 Å². The number of thioether (sulfide) groups is 2. The molecule has 0 bridgehead atoms. The van der Waals surface area contributed by atoms with E-state index in [1.165, 1.54) is 5.75 Å². The molecule has 120 valence electrons. The zero-order valence-corrected chi connectivity index (χ0v) is 13.9. The highest BCUT2D eigenvalue weighted by Gasteiger charge is 2.39. The molecule has 0 aromatic rings. The summed E-state index contributed by atoms with van der Waals surface area (Å²) in [5, 5.41) is 15.6. The van der Waals surface area contributed by atoms with Crippen LogP contribution in [0.5, 0.6) is 0 Å². The third-order valence-electron chi connectivity index (χ3n) is 4.23. The third-order valence-corrected chi connectivity index (χ3v) is 7.07. The van der Waals surface area contributed by atoms with Crippen LogP contribution in [-0.2, 0) is 4.79 Å². The maximum absolute atomic E-state index is 11.9. The molecule has 1 aliphatic heterocycles. The van der Waals surface area contributed by atoms with E-state index in [0.29, 0.717) is 24.6 Å². The average molecular weight is 332 g/mol. The normalized spacial score (nSPS) is 25.0. The molecular formula is C14H24N2O3S2. The second kappa shape index (κ2) is 8.17. The Balaban J connectivity index is 1.72. The number of aliphatic carboxylic acids is 1. The number of carbonyl (C=O) groups excluding carboxylic acids is 1. The molecule has 0 aromatic heterocycles. The highest BCUT2D eigenvalue weighted by molar-refractivity contribution is 8.06. The quantitative estimate of drug-likeness (QED) is 0.719. The molecule has 1 saturated carbocycles. The molecule has 2 amide bonds. The van der Waals surface area contributed by atoms with Gasteiger partial charge in [0.2, 0.25) is 0 Å². The Hall–Kier alpha value is -0.560. The fourth-order valence-corrected chi connectivity index (χ4v) is 5.48. The zero-order valence-electron chi connectivity index (χ0n) is 12.2. The predicted molar refractivity (Wildman–Crippen MR) is 88.1 cm³/mol. The van der Waals surface area contributed by atoms with Crippen molar-refractivity contribution in [1.29, 1.82) is 0 Å². The summed E-state index contributed by atoms with van der Waals surface area (Å²) < 4.78 is 0. The van der Waals surface area contributed by atoms with Gasteiger partial charge >= 0.3 is 12.0 Å². The van der Waals surface area contributed by atoms with Crippen molar-refractivity contribution in [3.05, 3.63) is 0 Å². The summed E-state index contributed by atoms with van der Waals surface area (Å²) >= 11 is 3.82. The molecule has 5 nitrogen and oxygen atoms in total. The van der Waals surface area contributed by atoms with E-state index in [2.05, 4.69) is 10.6 Å². The van der Waals surface area contributed by atoms with Gasteiger partial charge in [-0.1, -0.05) is 19.3 Å². The average Bonchev–Trinajstić information content (AvgIpc) is 2.52. The summed E-state index contributed by atoms with van der Waals surface area (Å²) in [7, 11) is 0. The van der Waals surface area contributed by atoms with E-state index in [1.54, 1.807) is 0 Å². The molecule has 1 saturated heterocycles. The first kappa shape index (κ1) is 16.8. The first-order chi connectivity index (χ1) is 10.1. The first-order valence-electron chi connectivity index (χ1n) is 7.57. The van der Waals surface area contributed by atoms with Crippen molar-refractivity contribution in [2.45, 2.75) is 37.4 Å². The molecule has 21 heavy (non-hydrogen) atoms. The van der Waals surface area contributed by atoms with Gasteiger partial charge < -0.3 is 15.7 Å². The van der Waals surface area contributed by atoms with Crippen molar-refractivity contribution >= 4 is 35.5 Å². The van der Waals surface area contributed by atoms with Gasteiger partial charge in [0.1, 0.15) is 0 Å². The molecule has 0 spiro atoms. The molecule has 1 heterocycles. The lowest BCUT2D eigenvalue weighted by molar-refractivity contribution is -0.150. The minimum Gasteiger partial charge on any atom is -0.481 e. The number of nitrogens with one attached hydrogen (secondary N) is 2. The Morgan fingerprint density at radius 2 is 1.90 bits per heavy atom. The second-order valence-electron chi connectivity index (χ2n) is 5.78. The maximum atomic E-state index is 11.9. The largest absolute Gasteiger partial charge is 0.481 e. The monoisotopic (exact) mass is 332 g/mol. The summed E-state index contributed by atoms with van der Waals surface area (Å²) in [5.74, 6) is 2.63. The van der Waals surface area contributed by atoms with Crippen LogP contribution >= 0.6 is 23.5 Å². The summed E-state index contributed by atoms with van der Waals surface area (Å²) in [4.78, 5) is 23.4. The Morgan fingerprint density at radius 1 is 1.14 bits per heavy atom. The molecule has 0 aromatic carbocycles. The van der Waals surface area contributed by atoms with E-state index < -0.39 is 11.4 Å². The predicted octanol–water partition coefficient (Wildman–Crippen LogP) is 2.17. The minimum atomic E-state index is -0.776. The molecule has 0 radical (unpaired) electrons. The van der Waals surface area contributed by atoms with Crippen LogP contribution in [0.1, 0.15) is 32.1 Å². The SMILES string of the molecule is O=C(NCC1CSCCS1)NCC1(C(=O)O)CCCCC1. The molecule has 7 heteroatoms. The Kier molecular flexibility index (Phi) is 6.54. The van der Waals surface area contributed by atoms with Crippen molar-refractivity contribution in [3.63, 3.8) is 0 Å². The molecule has 2 fully saturated rings. The lowest BCUT2D eigenvalue weighted by Gasteiger charge is -2.33. The number of amides is 2. The number of carboxylic acids is 1. The van der Waals surface area contributed by atoms with Crippen molar-refractivity contribution in [1.82, 2.24) is 10.6 Å². The van der Waals surface area contributed by atoms with Crippen LogP contribution in [0.3, 0.4) is 0 Å². The Bertz CT molecular complexity index is 367. The molecule has 1 unspecified atom stereocenters. The van der Waals surface area contributed by atoms with Crippen molar-refractivity contribution in [2.75, 3.05) is 30.3 Å². The van der Waals surface area contributed by atoms with Crippen molar-refractivity contribution in [3.8, 4) is 0 Å². The second-order valence-corrected chi connectivity index (χ2v) is 8.34. The molecular weight excluding hydrogens is 308 g/mol. The van der Waals surface area contributed by atoms with Gasteiger partial charge in [0.15, 0.2) is 0 Å². The fraction of sp³-hybridized carbons (Fsp3) is 0.857. The van der Waals surface area contributed by atoms with Gasteiger partial charge in [0.25, 0.3) is 0 Å². The number of rotatable bonds is 5. The number of carbonyl (C=O) groups is 2. The van der Waals surface area contributed by atoms with Crippen molar-refractivity contribution in [2.24, 2.45) is 5.41 Å². The van der Waals surface area contributed by atoms with E-state index in [4.69, 9.17) is 0 Å². The van der Waals surface area contributed by atoms with Gasteiger partial charge in [0, 0.05) is 35.6 Å². The molecule has 1 atom stereocenters. The molecule has 2 aliphatic rings.